The van der Waals surface area contributed by atoms with Crippen LogP contribution in [0.5, 0.6) is 0 Å². The van der Waals surface area contributed by atoms with Crippen LogP contribution in [0.15, 0.2) is 16.6 Å². The zero-order valence-electron chi connectivity index (χ0n) is 9.40. The number of rotatable bonds is 3. The lowest BCUT2D eigenvalue weighted by atomic mass is 10.1. The average molecular weight is 322 g/mol. The Balaban J connectivity index is 1.98. The van der Waals surface area contributed by atoms with Gasteiger partial charge in [0.2, 0.25) is 0 Å². The van der Waals surface area contributed by atoms with Crippen molar-refractivity contribution in [2.45, 2.75) is 25.3 Å². The van der Waals surface area contributed by atoms with Crippen molar-refractivity contribution < 1.29 is 4.39 Å². The van der Waals surface area contributed by atoms with Crippen LogP contribution in [0.3, 0.4) is 0 Å². The molecule has 1 saturated heterocycles. The minimum absolute atomic E-state index is 0.330. The second-order valence-corrected chi connectivity index (χ2v) is 5.53. The highest BCUT2D eigenvalue weighted by molar-refractivity contribution is 9.10. The Morgan fingerprint density at radius 2 is 2.29 bits per heavy atom. The summed E-state index contributed by atoms with van der Waals surface area (Å²) in [6, 6.07) is 3.21. The molecule has 0 aliphatic carbocycles. The molecule has 94 valence electrons. The SMILES string of the molecule is Fc1cc(Cl)c(NCC2CCCCN2)c(Br)c1. The van der Waals surface area contributed by atoms with Crippen molar-refractivity contribution in [3.63, 3.8) is 0 Å². The van der Waals surface area contributed by atoms with Gasteiger partial charge in [-0.15, -0.1) is 0 Å². The van der Waals surface area contributed by atoms with E-state index >= 15 is 0 Å². The Labute approximate surface area is 114 Å². The first-order valence-electron chi connectivity index (χ1n) is 5.78. The van der Waals surface area contributed by atoms with Gasteiger partial charge in [0.25, 0.3) is 0 Å². The lowest BCUT2D eigenvalue weighted by Crippen LogP contribution is -2.39. The first-order valence-corrected chi connectivity index (χ1v) is 6.95. The van der Waals surface area contributed by atoms with Crippen LogP contribution in [-0.4, -0.2) is 19.1 Å². The number of hydrogen-bond acceptors (Lipinski definition) is 2. The number of piperidine rings is 1. The third-order valence-electron chi connectivity index (χ3n) is 2.94. The minimum atomic E-state index is -0.330. The van der Waals surface area contributed by atoms with Gasteiger partial charge in [-0.05, 0) is 47.4 Å². The maximum Gasteiger partial charge on any atom is 0.125 e. The van der Waals surface area contributed by atoms with E-state index in [1.54, 1.807) is 0 Å². The van der Waals surface area contributed by atoms with Gasteiger partial charge in [-0.25, -0.2) is 4.39 Å². The summed E-state index contributed by atoms with van der Waals surface area (Å²) < 4.78 is 13.7. The third-order valence-corrected chi connectivity index (χ3v) is 3.87. The molecular weight excluding hydrogens is 307 g/mol. The molecule has 2 rings (SSSR count). The van der Waals surface area contributed by atoms with Gasteiger partial charge in [-0.2, -0.15) is 0 Å². The van der Waals surface area contributed by atoms with E-state index in [0.29, 0.717) is 15.5 Å². The Morgan fingerprint density at radius 1 is 1.47 bits per heavy atom. The van der Waals surface area contributed by atoms with Crippen molar-refractivity contribution in [1.82, 2.24) is 5.32 Å². The lowest BCUT2D eigenvalue weighted by molar-refractivity contribution is 0.414. The highest BCUT2D eigenvalue weighted by Crippen LogP contribution is 2.31. The van der Waals surface area contributed by atoms with E-state index in [4.69, 9.17) is 11.6 Å². The van der Waals surface area contributed by atoms with Gasteiger partial charge in [0.1, 0.15) is 5.82 Å². The summed E-state index contributed by atoms with van der Waals surface area (Å²) in [7, 11) is 0. The molecule has 1 atom stereocenters. The van der Waals surface area contributed by atoms with E-state index in [1.807, 2.05) is 0 Å². The molecule has 17 heavy (non-hydrogen) atoms. The van der Waals surface area contributed by atoms with Crippen LogP contribution in [0, 0.1) is 5.82 Å². The van der Waals surface area contributed by atoms with E-state index in [0.717, 1.165) is 18.8 Å². The topological polar surface area (TPSA) is 24.1 Å². The first kappa shape index (κ1) is 13.1. The van der Waals surface area contributed by atoms with Crippen molar-refractivity contribution in [2.24, 2.45) is 0 Å². The van der Waals surface area contributed by atoms with Gasteiger partial charge in [0.05, 0.1) is 10.7 Å². The molecule has 5 heteroatoms. The van der Waals surface area contributed by atoms with Gasteiger partial charge in [0, 0.05) is 17.1 Å². The number of halogens is 3. The minimum Gasteiger partial charge on any atom is -0.381 e. The molecule has 1 fully saturated rings. The Bertz CT molecular complexity index is 371. The summed E-state index contributed by atoms with van der Waals surface area (Å²) in [6.45, 7) is 1.88. The van der Waals surface area contributed by atoms with Crippen molar-refractivity contribution in [2.75, 3.05) is 18.4 Å². The summed E-state index contributed by atoms with van der Waals surface area (Å²) in [6.07, 6.45) is 3.68. The van der Waals surface area contributed by atoms with Crippen molar-refractivity contribution in [3.05, 3.63) is 27.4 Å². The standard InChI is InChI=1S/C12H15BrClFN2/c13-10-5-8(15)6-11(14)12(10)17-7-9-3-1-2-4-16-9/h5-6,9,16-17H,1-4,7H2. The highest BCUT2D eigenvalue weighted by atomic mass is 79.9. The molecule has 0 bridgehead atoms. The van der Waals surface area contributed by atoms with Crippen LogP contribution >= 0.6 is 27.5 Å². The largest absolute Gasteiger partial charge is 0.381 e. The Hall–Kier alpha value is -0.320. The normalized spacial score (nSPS) is 20.3. The monoisotopic (exact) mass is 320 g/mol. The van der Waals surface area contributed by atoms with Crippen molar-refractivity contribution >= 4 is 33.2 Å². The second-order valence-electron chi connectivity index (χ2n) is 4.27. The zero-order chi connectivity index (χ0) is 12.3. The fourth-order valence-corrected chi connectivity index (χ4v) is 2.99. The van der Waals surface area contributed by atoms with Gasteiger partial charge in [0.15, 0.2) is 0 Å². The number of hydrogen-bond donors (Lipinski definition) is 2. The molecule has 1 heterocycles. The predicted octanol–water partition coefficient (Wildman–Crippen LogP) is 3.80. The maximum absolute atomic E-state index is 13.0. The van der Waals surface area contributed by atoms with E-state index in [1.165, 1.54) is 31.4 Å². The maximum atomic E-state index is 13.0. The van der Waals surface area contributed by atoms with Gasteiger partial charge in [-0.3, -0.25) is 0 Å². The molecule has 1 unspecified atom stereocenters. The summed E-state index contributed by atoms with van der Waals surface area (Å²) in [5.41, 5.74) is 0.764. The van der Waals surface area contributed by atoms with Crippen molar-refractivity contribution in [1.29, 1.82) is 0 Å². The summed E-state index contributed by atoms with van der Waals surface area (Å²) in [5.74, 6) is -0.330. The second kappa shape index (κ2) is 6.03. The molecule has 2 nitrogen and oxygen atoms in total. The molecule has 0 amide bonds. The Kier molecular flexibility index (Phi) is 4.65. The van der Waals surface area contributed by atoms with E-state index < -0.39 is 0 Å². The van der Waals surface area contributed by atoms with Crippen LogP contribution < -0.4 is 10.6 Å². The molecular formula is C12H15BrClFN2. The zero-order valence-corrected chi connectivity index (χ0v) is 11.7. The predicted molar refractivity (Wildman–Crippen MR) is 73.2 cm³/mol. The number of anilines is 1. The van der Waals surface area contributed by atoms with Crippen LogP contribution in [0.4, 0.5) is 10.1 Å². The molecule has 0 radical (unpaired) electrons. The van der Waals surface area contributed by atoms with Gasteiger partial charge in [-0.1, -0.05) is 18.0 Å². The molecule has 1 aromatic rings. The number of benzene rings is 1. The van der Waals surface area contributed by atoms with Crippen LogP contribution in [0.1, 0.15) is 19.3 Å². The summed E-state index contributed by atoms with van der Waals surface area (Å²) in [5, 5.41) is 7.12. The lowest BCUT2D eigenvalue weighted by Gasteiger charge is -2.24. The molecule has 1 aliphatic rings. The quantitative estimate of drug-likeness (QED) is 0.885. The van der Waals surface area contributed by atoms with Gasteiger partial charge < -0.3 is 10.6 Å². The first-order chi connectivity index (χ1) is 8.16. The van der Waals surface area contributed by atoms with Gasteiger partial charge >= 0.3 is 0 Å². The summed E-state index contributed by atoms with van der Waals surface area (Å²) in [4.78, 5) is 0. The highest BCUT2D eigenvalue weighted by Gasteiger charge is 2.14. The molecule has 2 N–H and O–H groups in total. The van der Waals surface area contributed by atoms with E-state index in [9.17, 15) is 4.39 Å². The fraction of sp³-hybridized carbons (Fsp3) is 0.500. The molecule has 0 spiro atoms. The smallest absolute Gasteiger partial charge is 0.125 e. The average Bonchev–Trinajstić information content (AvgIpc) is 2.29. The van der Waals surface area contributed by atoms with E-state index in [-0.39, 0.29) is 5.82 Å². The van der Waals surface area contributed by atoms with Crippen LogP contribution in [0.25, 0.3) is 0 Å². The molecule has 1 aromatic carbocycles. The molecule has 0 aromatic heterocycles. The number of nitrogens with one attached hydrogen (secondary N) is 2. The molecule has 1 aliphatic heterocycles. The molecule has 0 saturated carbocycles. The Morgan fingerprint density at radius 3 is 2.94 bits per heavy atom. The van der Waals surface area contributed by atoms with E-state index in [2.05, 4.69) is 26.6 Å². The van der Waals surface area contributed by atoms with Crippen molar-refractivity contribution in [3.8, 4) is 0 Å². The van der Waals surface area contributed by atoms with Crippen LogP contribution in [0.2, 0.25) is 5.02 Å². The fourth-order valence-electron chi connectivity index (χ4n) is 2.03. The van der Waals surface area contributed by atoms with Crippen LogP contribution in [-0.2, 0) is 0 Å². The third kappa shape index (κ3) is 3.57. The summed E-state index contributed by atoms with van der Waals surface area (Å²) >= 11 is 9.32.